The lowest BCUT2D eigenvalue weighted by Gasteiger charge is -2.07. The largest absolute Gasteiger partial charge is 0.485 e. The van der Waals surface area contributed by atoms with Crippen LogP contribution in [0.5, 0.6) is 5.75 Å². The van der Waals surface area contributed by atoms with Crippen LogP contribution in [0.25, 0.3) is 0 Å². The molecular formula is C14H8Cl2F2O2. The Kier molecular flexibility index (Phi) is 4.57. The van der Waals surface area contributed by atoms with Gasteiger partial charge in [-0.3, -0.25) is 4.79 Å². The Hall–Kier alpha value is -1.65. The number of halogens is 4. The van der Waals surface area contributed by atoms with Crippen LogP contribution in [-0.2, 0) is 0 Å². The zero-order valence-electron chi connectivity index (χ0n) is 10.00. The minimum atomic E-state index is -1.04. The molecular weight excluding hydrogens is 309 g/mol. The van der Waals surface area contributed by atoms with Crippen molar-refractivity contribution in [3.63, 3.8) is 0 Å². The minimum absolute atomic E-state index is 0.0577. The average molecular weight is 317 g/mol. The summed E-state index contributed by atoms with van der Waals surface area (Å²) in [4.78, 5) is 11.9. The third-order valence-corrected chi connectivity index (χ3v) is 3.04. The molecule has 20 heavy (non-hydrogen) atoms. The SMILES string of the molecule is O=C(COc1ccc(F)c(F)c1)c1ccc(Cl)cc1Cl. The lowest BCUT2D eigenvalue weighted by molar-refractivity contribution is 0.0921. The summed E-state index contributed by atoms with van der Waals surface area (Å²) in [5.41, 5.74) is 0.249. The van der Waals surface area contributed by atoms with Crippen molar-refractivity contribution >= 4 is 29.0 Å². The topological polar surface area (TPSA) is 26.3 Å². The molecule has 0 N–H and O–H groups in total. The number of Topliss-reactive ketones (excluding diaryl/α,β-unsaturated/α-hetero) is 1. The van der Waals surface area contributed by atoms with E-state index in [-0.39, 0.29) is 22.9 Å². The van der Waals surface area contributed by atoms with Crippen molar-refractivity contribution in [3.8, 4) is 5.75 Å². The number of ether oxygens (including phenoxy) is 1. The second-order valence-corrected chi connectivity index (χ2v) is 4.76. The molecule has 0 radical (unpaired) electrons. The molecule has 0 heterocycles. The highest BCUT2D eigenvalue weighted by molar-refractivity contribution is 6.36. The maximum absolute atomic E-state index is 13.0. The Morgan fingerprint density at radius 2 is 1.80 bits per heavy atom. The summed E-state index contributed by atoms with van der Waals surface area (Å²) in [5.74, 6) is -2.36. The zero-order valence-corrected chi connectivity index (χ0v) is 11.5. The van der Waals surface area contributed by atoms with Crippen LogP contribution in [0.4, 0.5) is 8.78 Å². The van der Waals surface area contributed by atoms with Crippen molar-refractivity contribution < 1.29 is 18.3 Å². The summed E-state index contributed by atoms with van der Waals surface area (Å²) in [7, 11) is 0. The molecule has 0 aliphatic rings. The van der Waals surface area contributed by atoms with Crippen molar-refractivity contribution in [2.75, 3.05) is 6.61 Å². The Morgan fingerprint density at radius 3 is 2.45 bits per heavy atom. The van der Waals surface area contributed by atoms with E-state index in [4.69, 9.17) is 27.9 Å². The first-order valence-corrected chi connectivity index (χ1v) is 6.29. The van der Waals surface area contributed by atoms with Gasteiger partial charge < -0.3 is 4.74 Å². The van der Waals surface area contributed by atoms with Gasteiger partial charge in [0.15, 0.2) is 18.2 Å². The van der Waals surface area contributed by atoms with E-state index in [2.05, 4.69) is 0 Å². The molecule has 0 saturated heterocycles. The molecule has 0 aromatic heterocycles. The van der Waals surface area contributed by atoms with Crippen molar-refractivity contribution in [1.82, 2.24) is 0 Å². The predicted octanol–water partition coefficient (Wildman–Crippen LogP) is 4.53. The summed E-state index contributed by atoms with van der Waals surface area (Å²) < 4.78 is 30.8. The third-order valence-electron chi connectivity index (χ3n) is 2.49. The first-order chi connectivity index (χ1) is 9.47. The molecule has 104 valence electrons. The van der Waals surface area contributed by atoms with Crippen molar-refractivity contribution in [2.24, 2.45) is 0 Å². The van der Waals surface area contributed by atoms with Gasteiger partial charge in [-0.1, -0.05) is 23.2 Å². The van der Waals surface area contributed by atoms with Gasteiger partial charge in [-0.2, -0.15) is 0 Å². The Bertz CT molecular complexity index is 660. The van der Waals surface area contributed by atoms with Gasteiger partial charge in [0.2, 0.25) is 5.78 Å². The molecule has 0 bridgehead atoms. The molecule has 0 fully saturated rings. The van der Waals surface area contributed by atoms with E-state index in [1.807, 2.05) is 0 Å². The number of ketones is 1. The van der Waals surface area contributed by atoms with Crippen LogP contribution in [0.15, 0.2) is 36.4 Å². The minimum Gasteiger partial charge on any atom is -0.485 e. The van der Waals surface area contributed by atoms with E-state index in [0.29, 0.717) is 5.02 Å². The van der Waals surface area contributed by atoms with E-state index in [9.17, 15) is 13.6 Å². The fourth-order valence-corrected chi connectivity index (χ4v) is 2.02. The highest BCUT2D eigenvalue weighted by Gasteiger charge is 2.12. The van der Waals surface area contributed by atoms with Crippen LogP contribution in [0.3, 0.4) is 0 Å². The Balaban J connectivity index is 2.06. The average Bonchev–Trinajstić information content (AvgIpc) is 2.40. The van der Waals surface area contributed by atoms with Gasteiger partial charge in [-0.15, -0.1) is 0 Å². The van der Waals surface area contributed by atoms with E-state index in [0.717, 1.165) is 12.1 Å². The molecule has 2 aromatic rings. The quantitative estimate of drug-likeness (QED) is 0.774. The van der Waals surface area contributed by atoms with Crippen molar-refractivity contribution in [2.45, 2.75) is 0 Å². The first-order valence-electron chi connectivity index (χ1n) is 5.53. The van der Waals surface area contributed by atoms with Gasteiger partial charge in [0.25, 0.3) is 0 Å². The second kappa shape index (κ2) is 6.20. The maximum Gasteiger partial charge on any atom is 0.201 e. The summed E-state index contributed by atoms with van der Waals surface area (Å²) in [6.07, 6.45) is 0. The van der Waals surface area contributed by atoms with E-state index < -0.39 is 17.4 Å². The molecule has 0 amide bonds. The van der Waals surface area contributed by atoms with Crippen molar-refractivity contribution in [1.29, 1.82) is 0 Å². The van der Waals surface area contributed by atoms with E-state index in [1.54, 1.807) is 0 Å². The van der Waals surface area contributed by atoms with Crippen LogP contribution in [-0.4, -0.2) is 12.4 Å². The lowest BCUT2D eigenvalue weighted by Crippen LogP contribution is -2.12. The highest BCUT2D eigenvalue weighted by atomic mass is 35.5. The number of hydrogen-bond donors (Lipinski definition) is 0. The van der Waals surface area contributed by atoms with Gasteiger partial charge in [-0.05, 0) is 30.3 Å². The lowest BCUT2D eigenvalue weighted by atomic mass is 10.1. The molecule has 0 aliphatic carbocycles. The van der Waals surface area contributed by atoms with Crippen LogP contribution < -0.4 is 4.74 Å². The maximum atomic E-state index is 13.0. The highest BCUT2D eigenvalue weighted by Crippen LogP contribution is 2.22. The molecule has 2 rings (SSSR count). The van der Waals surface area contributed by atoms with Gasteiger partial charge in [-0.25, -0.2) is 8.78 Å². The standard InChI is InChI=1S/C14H8Cl2F2O2/c15-8-1-3-10(11(16)5-8)14(19)7-20-9-2-4-12(17)13(18)6-9/h1-6H,7H2. The molecule has 2 nitrogen and oxygen atoms in total. The number of carbonyl (C=O) groups excluding carboxylic acids is 1. The van der Waals surface area contributed by atoms with Gasteiger partial charge in [0.05, 0.1) is 5.02 Å². The smallest absolute Gasteiger partial charge is 0.201 e. The fraction of sp³-hybridized carbons (Fsp3) is 0.0714. The summed E-state index contributed by atoms with van der Waals surface area (Å²) in [5, 5.41) is 0.615. The van der Waals surface area contributed by atoms with Gasteiger partial charge in [0.1, 0.15) is 5.75 Å². The van der Waals surface area contributed by atoms with Crippen molar-refractivity contribution in [3.05, 3.63) is 63.6 Å². The Morgan fingerprint density at radius 1 is 1.05 bits per heavy atom. The fourth-order valence-electron chi connectivity index (χ4n) is 1.51. The van der Waals surface area contributed by atoms with Crippen LogP contribution in [0.2, 0.25) is 10.0 Å². The molecule has 0 unspecified atom stereocenters. The molecule has 0 aliphatic heterocycles. The predicted molar refractivity (Wildman–Crippen MR) is 72.6 cm³/mol. The molecule has 0 spiro atoms. The third kappa shape index (κ3) is 3.46. The normalized spacial score (nSPS) is 10.4. The second-order valence-electron chi connectivity index (χ2n) is 3.91. The molecule has 6 heteroatoms. The number of hydrogen-bond acceptors (Lipinski definition) is 2. The van der Waals surface area contributed by atoms with Gasteiger partial charge in [0, 0.05) is 16.7 Å². The van der Waals surface area contributed by atoms with Crippen LogP contribution in [0, 0.1) is 11.6 Å². The van der Waals surface area contributed by atoms with E-state index in [1.165, 1.54) is 24.3 Å². The van der Waals surface area contributed by atoms with Gasteiger partial charge >= 0.3 is 0 Å². The molecule has 0 atom stereocenters. The zero-order chi connectivity index (χ0) is 14.7. The van der Waals surface area contributed by atoms with Crippen LogP contribution in [0.1, 0.15) is 10.4 Å². The van der Waals surface area contributed by atoms with Crippen LogP contribution >= 0.6 is 23.2 Å². The summed E-state index contributed by atoms with van der Waals surface area (Å²) >= 11 is 11.6. The van der Waals surface area contributed by atoms with E-state index >= 15 is 0 Å². The number of benzene rings is 2. The number of rotatable bonds is 4. The molecule has 2 aromatic carbocycles. The summed E-state index contributed by atoms with van der Waals surface area (Å²) in [6.45, 7) is -0.341. The monoisotopic (exact) mass is 316 g/mol. The first kappa shape index (κ1) is 14.8. The Labute approximate surface area is 123 Å². The number of carbonyl (C=O) groups is 1. The summed E-state index contributed by atoms with van der Waals surface area (Å²) in [6, 6.07) is 7.46. The molecule has 0 saturated carbocycles.